The van der Waals surface area contributed by atoms with Crippen molar-refractivity contribution in [3.63, 3.8) is 0 Å². The molecule has 0 aliphatic heterocycles. The summed E-state index contributed by atoms with van der Waals surface area (Å²) in [6, 6.07) is 1.28. The number of hydrogen-bond acceptors (Lipinski definition) is 3. The number of rotatable bonds is 2. The molecule has 0 amide bonds. The second kappa shape index (κ2) is 4.29. The van der Waals surface area contributed by atoms with Gasteiger partial charge in [-0.2, -0.15) is 0 Å². The van der Waals surface area contributed by atoms with Gasteiger partial charge in [0.05, 0.1) is 11.6 Å². The summed E-state index contributed by atoms with van der Waals surface area (Å²) in [4.78, 5) is 0. The predicted octanol–water partition coefficient (Wildman–Crippen LogP) is 0.585. The first-order valence-corrected chi connectivity index (χ1v) is 4.67. The Kier molecular flexibility index (Phi) is 3.52. The average Bonchev–Trinajstić information content (AvgIpc) is 2.12. The molecule has 0 atom stereocenters. The highest BCUT2D eigenvalue weighted by atomic mass is 79.9. The van der Waals surface area contributed by atoms with Crippen LogP contribution in [-0.4, -0.2) is 24.3 Å². The summed E-state index contributed by atoms with van der Waals surface area (Å²) in [5.41, 5.74) is 0.0696. The lowest BCUT2D eigenvalue weighted by molar-refractivity contribution is 0.402. The van der Waals surface area contributed by atoms with Gasteiger partial charge in [0.2, 0.25) is 0 Å². The van der Waals surface area contributed by atoms with Crippen LogP contribution < -0.4 is 10.2 Å². The van der Waals surface area contributed by atoms with Gasteiger partial charge in [-0.25, -0.2) is 4.39 Å². The van der Waals surface area contributed by atoms with E-state index in [1.165, 1.54) is 20.1 Å². The van der Waals surface area contributed by atoms with Crippen LogP contribution in [0.25, 0.3) is 0 Å². The zero-order chi connectivity index (χ0) is 10.9. The van der Waals surface area contributed by atoms with Gasteiger partial charge >= 0.3 is 7.12 Å². The summed E-state index contributed by atoms with van der Waals surface area (Å²) in [6.07, 6.45) is 0. The molecule has 1 rings (SSSR count). The second-order valence-corrected chi connectivity index (χ2v) is 3.65. The molecule has 0 unspecified atom stereocenters. The van der Waals surface area contributed by atoms with Gasteiger partial charge in [0.15, 0.2) is 0 Å². The van der Waals surface area contributed by atoms with Crippen molar-refractivity contribution in [2.45, 2.75) is 6.92 Å². The van der Waals surface area contributed by atoms with E-state index in [4.69, 9.17) is 14.8 Å². The summed E-state index contributed by atoms with van der Waals surface area (Å²) >= 11 is 3.15. The smallest absolute Gasteiger partial charge is 0.491 e. The Bertz CT molecular complexity index is 357. The molecule has 0 saturated carbocycles. The zero-order valence-corrected chi connectivity index (χ0v) is 9.30. The molecular weight excluding hydrogens is 254 g/mol. The molecule has 0 aliphatic carbocycles. The van der Waals surface area contributed by atoms with Crippen molar-refractivity contribution in [2.24, 2.45) is 0 Å². The van der Waals surface area contributed by atoms with E-state index in [2.05, 4.69) is 15.9 Å². The first-order valence-electron chi connectivity index (χ1n) is 3.87. The highest BCUT2D eigenvalue weighted by molar-refractivity contribution is 9.10. The highest BCUT2D eigenvalue weighted by Gasteiger charge is 2.22. The minimum Gasteiger partial charge on any atom is -0.495 e. The third-order valence-corrected chi connectivity index (χ3v) is 2.49. The monoisotopic (exact) mass is 262 g/mol. The molecule has 14 heavy (non-hydrogen) atoms. The maximum atomic E-state index is 13.5. The van der Waals surface area contributed by atoms with Gasteiger partial charge in [-0.3, -0.25) is 0 Å². The molecule has 6 heteroatoms. The molecule has 0 heterocycles. The fourth-order valence-corrected chi connectivity index (χ4v) is 1.91. The van der Waals surface area contributed by atoms with E-state index in [0.29, 0.717) is 10.2 Å². The maximum absolute atomic E-state index is 13.5. The van der Waals surface area contributed by atoms with Gasteiger partial charge in [-0.1, -0.05) is 0 Å². The third kappa shape index (κ3) is 1.92. The molecule has 0 aliphatic rings. The van der Waals surface area contributed by atoms with Gasteiger partial charge in [0.25, 0.3) is 0 Å². The fourth-order valence-electron chi connectivity index (χ4n) is 1.20. The molecule has 1 aromatic rings. The summed E-state index contributed by atoms with van der Waals surface area (Å²) in [7, 11) is -0.405. The van der Waals surface area contributed by atoms with E-state index in [0.717, 1.165) is 0 Å². The topological polar surface area (TPSA) is 49.7 Å². The molecule has 3 nitrogen and oxygen atoms in total. The minimum absolute atomic E-state index is 0.171. The van der Waals surface area contributed by atoms with E-state index in [-0.39, 0.29) is 11.0 Å². The van der Waals surface area contributed by atoms with Crippen LogP contribution in [0.5, 0.6) is 5.75 Å². The van der Waals surface area contributed by atoms with Crippen molar-refractivity contribution in [3.05, 3.63) is 21.9 Å². The summed E-state index contributed by atoms with van der Waals surface area (Å²) in [5, 5.41) is 17.7. The standard InChI is InChI=1S/C8H9BBrFO3/c1-4-7(11)5(9(12)13)3-6(10)8(4)14-2/h3,12-13H,1-2H3. The van der Waals surface area contributed by atoms with Crippen LogP contribution in [0.15, 0.2) is 10.5 Å². The van der Waals surface area contributed by atoms with Gasteiger partial charge in [0, 0.05) is 11.0 Å². The van der Waals surface area contributed by atoms with Crippen molar-refractivity contribution in [2.75, 3.05) is 7.11 Å². The van der Waals surface area contributed by atoms with E-state index in [1.807, 2.05) is 0 Å². The Hall–Kier alpha value is -0.585. The van der Waals surface area contributed by atoms with Crippen molar-refractivity contribution in [3.8, 4) is 5.75 Å². The molecule has 0 bridgehead atoms. The van der Waals surface area contributed by atoms with Gasteiger partial charge in [-0.15, -0.1) is 0 Å². The van der Waals surface area contributed by atoms with E-state index >= 15 is 0 Å². The van der Waals surface area contributed by atoms with Crippen LogP contribution in [0.2, 0.25) is 0 Å². The van der Waals surface area contributed by atoms with Gasteiger partial charge in [0.1, 0.15) is 11.6 Å². The van der Waals surface area contributed by atoms with Crippen LogP contribution in [0.1, 0.15) is 5.56 Å². The Balaban J connectivity index is 3.40. The van der Waals surface area contributed by atoms with Gasteiger partial charge < -0.3 is 14.8 Å². The molecule has 0 spiro atoms. The van der Waals surface area contributed by atoms with Crippen molar-refractivity contribution in [1.29, 1.82) is 0 Å². The number of ether oxygens (including phenoxy) is 1. The SMILES string of the molecule is COc1c(Br)cc(B(O)O)c(F)c1C. The molecule has 0 radical (unpaired) electrons. The van der Waals surface area contributed by atoms with Crippen molar-refractivity contribution < 1.29 is 19.2 Å². The summed E-state index contributed by atoms with van der Waals surface area (Å²) < 4.78 is 18.9. The molecular formula is C8H9BBrFO3. The Morgan fingerprint density at radius 2 is 2.07 bits per heavy atom. The quantitative estimate of drug-likeness (QED) is 0.767. The normalized spacial score (nSPS) is 10.1. The first kappa shape index (κ1) is 11.5. The zero-order valence-electron chi connectivity index (χ0n) is 7.71. The Labute approximate surface area is 89.8 Å². The van der Waals surface area contributed by atoms with Crippen LogP contribution in [-0.2, 0) is 0 Å². The number of methoxy groups -OCH3 is 1. The van der Waals surface area contributed by atoms with Crippen LogP contribution in [0.3, 0.4) is 0 Å². The lowest BCUT2D eigenvalue weighted by atomic mass is 9.79. The molecule has 76 valence electrons. The van der Waals surface area contributed by atoms with Crippen LogP contribution in [0.4, 0.5) is 4.39 Å². The molecule has 0 fully saturated rings. The molecule has 0 aromatic heterocycles. The lowest BCUT2D eigenvalue weighted by Crippen LogP contribution is -2.33. The summed E-state index contributed by atoms with van der Waals surface area (Å²) in [6.45, 7) is 1.50. The maximum Gasteiger partial charge on any atom is 0.491 e. The predicted molar refractivity (Wildman–Crippen MR) is 55.2 cm³/mol. The summed E-state index contributed by atoms with van der Waals surface area (Å²) in [5.74, 6) is -0.313. The molecule has 2 N–H and O–H groups in total. The second-order valence-electron chi connectivity index (χ2n) is 2.79. The fraction of sp³-hybridized carbons (Fsp3) is 0.250. The first-order chi connectivity index (χ1) is 6.49. The molecule has 1 aromatic carbocycles. The van der Waals surface area contributed by atoms with Crippen LogP contribution >= 0.6 is 15.9 Å². The van der Waals surface area contributed by atoms with Gasteiger partial charge in [-0.05, 0) is 28.9 Å². The molecule has 0 saturated heterocycles. The number of benzene rings is 1. The number of hydrogen-bond donors (Lipinski definition) is 2. The minimum atomic E-state index is -1.82. The highest BCUT2D eigenvalue weighted by Crippen LogP contribution is 2.29. The average molecular weight is 263 g/mol. The third-order valence-electron chi connectivity index (χ3n) is 1.90. The Morgan fingerprint density at radius 1 is 1.50 bits per heavy atom. The van der Waals surface area contributed by atoms with Crippen LogP contribution in [0, 0.1) is 12.7 Å². The van der Waals surface area contributed by atoms with E-state index in [9.17, 15) is 4.39 Å². The van der Waals surface area contributed by atoms with E-state index in [1.54, 1.807) is 0 Å². The lowest BCUT2D eigenvalue weighted by Gasteiger charge is -2.11. The number of halogens is 2. The van der Waals surface area contributed by atoms with E-state index < -0.39 is 12.9 Å². The Morgan fingerprint density at radius 3 is 2.50 bits per heavy atom. The largest absolute Gasteiger partial charge is 0.495 e. The van der Waals surface area contributed by atoms with Crippen molar-refractivity contribution >= 4 is 28.5 Å². The van der Waals surface area contributed by atoms with Crippen molar-refractivity contribution in [1.82, 2.24) is 0 Å².